The van der Waals surface area contributed by atoms with Crippen molar-refractivity contribution in [3.05, 3.63) is 29.8 Å². The smallest absolute Gasteiger partial charge is 0.319 e. The quantitative estimate of drug-likeness (QED) is 0.748. The van der Waals surface area contributed by atoms with Crippen LogP contribution in [-0.4, -0.2) is 23.1 Å². The van der Waals surface area contributed by atoms with Gasteiger partial charge in [-0.15, -0.1) is 0 Å². The summed E-state index contributed by atoms with van der Waals surface area (Å²) >= 11 is 0. The molecule has 0 aliphatic carbocycles. The topological polar surface area (TPSA) is 102 Å². The second kappa shape index (κ2) is 7.90. The van der Waals surface area contributed by atoms with E-state index >= 15 is 0 Å². The maximum absolute atomic E-state index is 11.9. The van der Waals surface area contributed by atoms with Gasteiger partial charge >= 0.3 is 12.0 Å². The first-order valence-electron chi connectivity index (χ1n) is 6.67. The van der Waals surface area contributed by atoms with E-state index in [9.17, 15) is 9.59 Å². The zero-order chi connectivity index (χ0) is 15.8. The van der Waals surface area contributed by atoms with Crippen LogP contribution in [-0.2, 0) is 11.2 Å². The van der Waals surface area contributed by atoms with E-state index in [0.717, 1.165) is 5.56 Å². The fraction of sp³-hybridized carbons (Fsp3) is 0.400. The maximum Gasteiger partial charge on any atom is 0.319 e. The lowest BCUT2D eigenvalue weighted by Gasteiger charge is -2.20. The van der Waals surface area contributed by atoms with Gasteiger partial charge in [-0.2, -0.15) is 5.26 Å². The van der Waals surface area contributed by atoms with Crippen molar-refractivity contribution in [1.29, 1.82) is 5.26 Å². The summed E-state index contributed by atoms with van der Waals surface area (Å²) in [4.78, 5) is 22.6. The number of nitrogens with zero attached hydrogens (tertiary/aromatic N) is 1. The van der Waals surface area contributed by atoms with Gasteiger partial charge in [-0.1, -0.05) is 26.0 Å². The number of benzene rings is 1. The molecule has 0 bridgehead atoms. The normalized spacial score (nSPS) is 11.5. The Morgan fingerprint density at radius 2 is 1.90 bits per heavy atom. The second-order valence-electron chi connectivity index (χ2n) is 5.08. The molecule has 0 aliphatic heterocycles. The Morgan fingerprint density at radius 1 is 1.29 bits per heavy atom. The van der Waals surface area contributed by atoms with Gasteiger partial charge in [0.05, 0.1) is 18.9 Å². The fourth-order valence-corrected chi connectivity index (χ4v) is 1.77. The number of aliphatic carboxylic acids is 1. The van der Waals surface area contributed by atoms with E-state index in [1.165, 1.54) is 0 Å². The molecule has 0 radical (unpaired) electrons. The van der Waals surface area contributed by atoms with Crippen molar-refractivity contribution in [2.24, 2.45) is 5.92 Å². The minimum Gasteiger partial charge on any atom is -0.481 e. The molecule has 0 saturated heterocycles. The molecular weight excluding hydrogens is 270 g/mol. The van der Waals surface area contributed by atoms with Crippen molar-refractivity contribution in [3.8, 4) is 6.07 Å². The molecule has 0 spiro atoms. The van der Waals surface area contributed by atoms with E-state index < -0.39 is 18.0 Å². The number of carbonyl (C=O) groups is 2. The molecule has 6 heteroatoms. The first-order valence-corrected chi connectivity index (χ1v) is 6.67. The molecule has 1 aromatic carbocycles. The average molecular weight is 289 g/mol. The largest absolute Gasteiger partial charge is 0.481 e. The summed E-state index contributed by atoms with van der Waals surface area (Å²) < 4.78 is 0. The number of carboxylic acid groups (broad SMARTS) is 1. The van der Waals surface area contributed by atoms with Gasteiger partial charge in [-0.05, 0) is 23.6 Å². The Morgan fingerprint density at radius 3 is 2.38 bits per heavy atom. The zero-order valence-electron chi connectivity index (χ0n) is 12.1. The van der Waals surface area contributed by atoms with E-state index in [0.29, 0.717) is 12.1 Å². The summed E-state index contributed by atoms with van der Waals surface area (Å²) in [5.41, 5.74) is 1.46. The minimum absolute atomic E-state index is 0.0184. The predicted octanol–water partition coefficient (Wildman–Crippen LogP) is 2.37. The van der Waals surface area contributed by atoms with Gasteiger partial charge in [0, 0.05) is 11.7 Å². The van der Waals surface area contributed by atoms with Crippen LogP contribution >= 0.6 is 0 Å². The van der Waals surface area contributed by atoms with Crippen molar-refractivity contribution in [3.63, 3.8) is 0 Å². The fourth-order valence-electron chi connectivity index (χ4n) is 1.77. The number of anilines is 1. The summed E-state index contributed by atoms with van der Waals surface area (Å²) in [6.45, 7) is 3.70. The molecule has 0 heterocycles. The molecular formula is C15H19N3O3. The number of amides is 2. The molecule has 1 aromatic rings. The van der Waals surface area contributed by atoms with Crippen LogP contribution in [0.5, 0.6) is 0 Å². The molecule has 1 atom stereocenters. The second-order valence-corrected chi connectivity index (χ2v) is 5.08. The Kier molecular flexibility index (Phi) is 6.21. The lowest BCUT2D eigenvalue weighted by Crippen LogP contribution is -2.42. The lowest BCUT2D eigenvalue weighted by atomic mass is 10.0. The zero-order valence-corrected chi connectivity index (χ0v) is 12.1. The van der Waals surface area contributed by atoms with Gasteiger partial charge in [0.25, 0.3) is 0 Å². The molecule has 6 nitrogen and oxygen atoms in total. The minimum atomic E-state index is -0.949. The number of nitriles is 1. The van der Waals surface area contributed by atoms with Crippen molar-refractivity contribution < 1.29 is 14.7 Å². The van der Waals surface area contributed by atoms with Gasteiger partial charge in [0.2, 0.25) is 0 Å². The number of rotatable bonds is 6. The highest BCUT2D eigenvalue weighted by Crippen LogP contribution is 2.11. The van der Waals surface area contributed by atoms with E-state index in [4.69, 9.17) is 10.4 Å². The van der Waals surface area contributed by atoms with Crippen LogP contribution in [0.4, 0.5) is 10.5 Å². The third-order valence-corrected chi connectivity index (χ3v) is 3.01. The number of carboxylic acids is 1. The van der Waals surface area contributed by atoms with Crippen LogP contribution < -0.4 is 10.6 Å². The molecule has 0 fully saturated rings. The number of urea groups is 1. The molecule has 112 valence electrons. The number of hydrogen-bond acceptors (Lipinski definition) is 3. The first kappa shape index (κ1) is 16.5. The van der Waals surface area contributed by atoms with Crippen LogP contribution in [0, 0.1) is 17.2 Å². The molecule has 21 heavy (non-hydrogen) atoms. The number of nitrogens with one attached hydrogen (secondary N) is 2. The molecule has 0 saturated carbocycles. The molecule has 3 N–H and O–H groups in total. The van der Waals surface area contributed by atoms with Crippen molar-refractivity contribution >= 4 is 17.7 Å². The summed E-state index contributed by atoms with van der Waals surface area (Å²) in [6.07, 6.45) is 0.201. The Balaban J connectivity index is 2.59. The third-order valence-electron chi connectivity index (χ3n) is 3.01. The van der Waals surface area contributed by atoms with E-state index in [-0.39, 0.29) is 12.3 Å². The standard InChI is InChI=1S/C15H19N3O3/c1-10(2)13(9-14(19)20)18-15(21)17-12-5-3-11(4-6-12)7-8-16/h3-6,10,13H,7,9H2,1-2H3,(H,19,20)(H2,17,18,21). The van der Waals surface area contributed by atoms with Crippen LogP contribution in [0.1, 0.15) is 25.8 Å². The highest BCUT2D eigenvalue weighted by molar-refractivity contribution is 5.89. The van der Waals surface area contributed by atoms with Gasteiger partial charge in [-0.3, -0.25) is 4.79 Å². The Hall–Kier alpha value is -2.55. The van der Waals surface area contributed by atoms with Crippen molar-refractivity contribution in [2.45, 2.75) is 32.7 Å². The predicted molar refractivity (Wildman–Crippen MR) is 78.8 cm³/mol. The van der Waals surface area contributed by atoms with Gasteiger partial charge in [0.15, 0.2) is 0 Å². The van der Waals surface area contributed by atoms with Gasteiger partial charge in [0.1, 0.15) is 0 Å². The lowest BCUT2D eigenvalue weighted by molar-refractivity contribution is -0.137. The van der Waals surface area contributed by atoms with Crippen LogP contribution in [0.2, 0.25) is 0 Å². The summed E-state index contributed by atoms with van der Waals surface area (Å²) in [5.74, 6) is -0.931. The number of hydrogen-bond donors (Lipinski definition) is 3. The monoisotopic (exact) mass is 289 g/mol. The van der Waals surface area contributed by atoms with Gasteiger partial charge < -0.3 is 15.7 Å². The maximum atomic E-state index is 11.9. The molecule has 0 aromatic heterocycles. The summed E-state index contributed by atoms with van der Waals surface area (Å²) in [5, 5.41) is 22.7. The Labute approximate surface area is 123 Å². The Bertz CT molecular complexity index is 532. The summed E-state index contributed by atoms with van der Waals surface area (Å²) in [7, 11) is 0. The summed E-state index contributed by atoms with van der Waals surface area (Å²) in [6, 6.07) is 8.10. The van der Waals surface area contributed by atoms with Crippen molar-refractivity contribution in [1.82, 2.24) is 5.32 Å². The van der Waals surface area contributed by atoms with Crippen LogP contribution in [0.15, 0.2) is 24.3 Å². The molecule has 0 aliphatic rings. The molecule has 1 unspecified atom stereocenters. The SMILES string of the molecule is CC(C)C(CC(=O)O)NC(=O)Nc1ccc(CC#N)cc1. The van der Waals surface area contributed by atoms with E-state index in [1.807, 2.05) is 19.9 Å². The van der Waals surface area contributed by atoms with E-state index in [1.54, 1.807) is 24.3 Å². The number of carbonyl (C=O) groups excluding carboxylic acids is 1. The molecule has 2 amide bonds. The third kappa shape index (κ3) is 5.95. The van der Waals surface area contributed by atoms with Gasteiger partial charge in [-0.25, -0.2) is 4.79 Å². The highest BCUT2D eigenvalue weighted by atomic mass is 16.4. The highest BCUT2D eigenvalue weighted by Gasteiger charge is 2.19. The van der Waals surface area contributed by atoms with E-state index in [2.05, 4.69) is 10.6 Å². The average Bonchev–Trinajstić information content (AvgIpc) is 2.40. The molecule has 1 rings (SSSR count). The van der Waals surface area contributed by atoms with Crippen LogP contribution in [0.3, 0.4) is 0 Å². The first-order chi connectivity index (χ1) is 9.92. The van der Waals surface area contributed by atoms with Crippen LogP contribution in [0.25, 0.3) is 0 Å². The van der Waals surface area contributed by atoms with Crippen molar-refractivity contribution in [2.75, 3.05) is 5.32 Å².